The molecule has 0 atom stereocenters. The molecule has 36 heavy (non-hydrogen) atoms. The van der Waals surface area contributed by atoms with Crippen LogP contribution in [0.25, 0.3) is 5.69 Å². The molecule has 14 heteroatoms. The highest BCUT2D eigenvalue weighted by Gasteiger charge is 2.37. The summed E-state index contributed by atoms with van der Waals surface area (Å²) in [5, 5.41) is 16.3. The fourth-order valence-electron chi connectivity index (χ4n) is 3.36. The van der Waals surface area contributed by atoms with E-state index >= 15 is 0 Å². The highest BCUT2D eigenvalue weighted by atomic mass is 19.4. The number of aromatic nitrogens is 4. The number of benzene rings is 2. The maximum absolute atomic E-state index is 13.2. The molecule has 8 nitrogen and oxygen atoms in total. The van der Waals surface area contributed by atoms with Gasteiger partial charge < -0.3 is 9.84 Å². The van der Waals surface area contributed by atoms with Crippen molar-refractivity contribution in [3.8, 4) is 11.4 Å². The van der Waals surface area contributed by atoms with Crippen LogP contribution in [0.2, 0.25) is 0 Å². The minimum atomic E-state index is -5.09. The van der Waals surface area contributed by atoms with Gasteiger partial charge in [0.1, 0.15) is 5.75 Å². The van der Waals surface area contributed by atoms with E-state index in [4.69, 9.17) is 4.74 Å². The monoisotopic (exact) mass is 518 g/mol. The lowest BCUT2D eigenvalue weighted by molar-refractivity contribution is -0.152. The molecule has 0 spiro atoms. The maximum atomic E-state index is 13.2. The third-order valence-electron chi connectivity index (χ3n) is 5.18. The molecule has 0 fully saturated rings. The zero-order valence-corrected chi connectivity index (χ0v) is 19.3. The average Bonchev–Trinajstić information content (AvgIpc) is 3.09. The number of ether oxygens (including phenoxy) is 1. The summed E-state index contributed by atoms with van der Waals surface area (Å²) in [5.41, 5.74) is -4.97. The number of hydrogen-bond acceptors (Lipinski definition) is 5. The molecule has 1 N–H and O–H groups in total. The van der Waals surface area contributed by atoms with E-state index in [1.54, 1.807) is 26.0 Å². The van der Waals surface area contributed by atoms with Gasteiger partial charge in [-0.15, -0.1) is 0 Å². The van der Waals surface area contributed by atoms with Gasteiger partial charge in [-0.3, -0.25) is 0 Å². The Morgan fingerprint density at radius 1 is 0.917 bits per heavy atom. The molecule has 0 aliphatic heterocycles. The van der Waals surface area contributed by atoms with Crippen LogP contribution in [0.4, 0.5) is 26.3 Å². The molecule has 194 valence electrons. The van der Waals surface area contributed by atoms with E-state index in [-0.39, 0.29) is 12.6 Å². The van der Waals surface area contributed by atoms with E-state index in [1.165, 1.54) is 13.8 Å². The summed E-state index contributed by atoms with van der Waals surface area (Å²) >= 11 is 0. The molecule has 2 aromatic carbocycles. The highest BCUT2D eigenvalue weighted by Crippen LogP contribution is 2.37. The number of carboxylic acids is 1. The number of aryl methyl sites for hydroxylation is 2. The summed E-state index contributed by atoms with van der Waals surface area (Å²) in [6, 6.07) is 3.86. The Labute approximate surface area is 199 Å². The van der Waals surface area contributed by atoms with E-state index < -0.39 is 46.4 Å². The second kappa shape index (κ2) is 8.99. The Kier molecular flexibility index (Phi) is 6.68. The van der Waals surface area contributed by atoms with Crippen molar-refractivity contribution < 1.29 is 41.0 Å². The van der Waals surface area contributed by atoms with Gasteiger partial charge in [-0.2, -0.15) is 35.7 Å². The molecule has 0 amide bonds. The Hall–Kier alpha value is -3.84. The molecular formula is C22H20F6N4O4. The molecule has 0 bridgehead atoms. The number of tetrazole rings is 1. The van der Waals surface area contributed by atoms with Crippen molar-refractivity contribution in [2.75, 3.05) is 0 Å². The van der Waals surface area contributed by atoms with Gasteiger partial charge in [0.15, 0.2) is 5.60 Å². The van der Waals surface area contributed by atoms with Crippen molar-refractivity contribution >= 4 is 5.97 Å². The lowest BCUT2D eigenvalue weighted by Gasteiger charge is -2.24. The number of nitrogens with zero attached hydrogens (tertiary/aromatic N) is 4. The second-order valence-electron chi connectivity index (χ2n) is 8.57. The first kappa shape index (κ1) is 26.8. The lowest BCUT2D eigenvalue weighted by atomic mass is 10.0. The van der Waals surface area contributed by atoms with Gasteiger partial charge in [0, 0.05) is 0 Å². The fourth-order valence-corrected chi connectivity index (χ4v) is 3.36. The molecule has 3 rings (SSSR count). The third-order valence-corrected chi connectivity index (χ3v) is 5.18. The molecule has 1 heterocycles. The smallest absolute Gasteiger partial charge is 0.416 e. The normalized spacial score (nSPS) is 12.6. The summed E-state index contributed by atoms with van der Waals surface area (Å²) in [4.78, 5) is 24.1. The van der Waals surface area contributed by atoms with Crippen LogP contribution in [-0.4, -0.2) is 36.5 Å². The minimum Gasteiger partial charge on any atom is -0.478 e. The highest BCUT2D eigenvalue weighted by molar-refractivity contribution is 5.77. The van der Waals surface area contributed by atoms with Crippen LogP contribution < -0.4 is 10.4 Å². The van der Waals surface area contributed by atoms with Crippen molar-refractivity contribution in [3.05, 3.63) is 68.6 Å². The molecule has 0 aliphatic carbocycles. The first-order valence-electron chi connectivity index (χ1n) is 10.3. The minimum absolute atomic E-state index is 0.0558. The van der Waals surface area contributed by atoms with Crippen LogP contribution in [0.5, 0.6) is 5.75 Å². The van der Waals surface area contributed by atoms with Crippen LogP contribution in [0.3, 0.4) is 0 Å². The number of carbonyl (C=O) groups is 1. The van der Waals surface area contributed by atoms with Gasteiger partial charge in [-0.1, -0.05) is 12.1 Å². The molecule has 0 radical (unpaired) electrons. The zero-order valence-electron chi connectivity index (χ0n) is 19.3. The number of alkyl halides is 6. The molecule has 0 aliphatic rings. The lowest BCUT2D eigenvalue weighted by Crippen LogP contribution is -2.38. The zero-order chi connectivity index (χ0) is 27.2. The van der Waals surface area contributed by atoms with E-state index in [0.29, 0.717) is 39.3 Å². The SMILES string of the molecule is Cc1cc(Cn2nnn(-c3cc(C(F)(F)F)cc(C(F)(F)F)c3)c2=O)cc(C)c1OC(C)(C)C(=O)O. The van der Waals surface area contributed by atoms with Crippen molar-refractivity contribution in [1.29, 1.82) is 0 Å². The summed E-state index contributed by atoms with van der Waals surface area (Å²) < 4.78 is 85.7. The molecule has 3 aromatic rings. The molecule has 0 saturated carbocycles. The van der Waals surface area contributed by atoms with Gasteiger partial charge in [0.2, 0.25) is 0 Å². The van der Waals surface area contributed by atoms with Crippen molar-refractivity contribution in [1.82, 2.24) is 19.8 Å². The van der Waals surface area contributed by atoms with Crippen molar-refractivity contribution in [3.63, 3.8) is 0 Å². The number of aliphatic carboxylic acids is 1. The first-order valence-corrected chi connectivity index (χ1v) is 10.3. The first-order chi connectivity index (χ1) is 16.4. The third kappa shape index (κ3) is 5.52. The Morgan fingerprint density at radius 2 is 1.42 bits per heavy atom. The van der Waals surface area contributed by atoms with E-state index in [9.17, 15) is 41.0 Å². The molecule has 0 unspecified atom stereocenters. The summed E-state index contributed by atoms with van der Waals surface area (Å²) in [7, 11) is 0. The van der Waals surface area contributed by atoms with E-state index in [2.05, 4.69) is 10.4 Å². The number of hydrogen-bond donors (Lipinski definition) is 1. The predicted octanol–water partition coefficient (Wildman–Crippen LogP) is 4.37. The van der Waals surface area contributed by atoms with Gasteiger partial charge in [0.05, 0.1) is 23.4 Å². The molecular weight excluding hydrogens is 498 g/mol. The molecule has 1 aromatic heterocycles. The van der Waals surface area contributed by atoms with E-state index in [0.717, 1.165) is 4.68 Å². The van der Waals surface area contributed by atoms with Crippen LogP contribution in [0.15, 0.2) is 35.1 Å². The summed E-state index contributed by atoms with van der Waals surface area (Å²) in [6.45, 7) is 5.82. The van der Waals surface area contributed by atoms with Crippen LogP contribution in [-0.2, 0) is 23.7 Å². The summed E-state index contributed by atoms with van der Waals surface area (Å²) in [5.74, 6) is -0.873. The summed E-state index contributed by atoms with van der Waals surface area (Å²) in [6.07, 6.45) is -10.2. The number of carboxylic acid groups (broad SMARTS) is 1. The topological polar surface area (TPSA) is 99.2 Å². The van der Waals surface area contributed by atoms with Gasteiger partial charge in [-0.25, -0.2) is 9.59 Å². The maximum Gasteiger partial charge on any atom is 0.416 e. The van der Waals surface area contributed by atoms with Gasteiger partial charge >= 0.3 is 24.0 Å². The quantitative estimate of drug-likeness (QED) is 0.487. The Bertz CT molecular complexity index is 1320. The van der Waals surface area contributed by atoms with Gasteiger partial charge in [-0.05, 0) is 73.0 Å². The van der Waals surface area contributed by atoms with Crippen molar-refractivity contribution in [2.45, 2.75) is 52.2 Å². The molecule has 0 saturated heterocycles. The largest absolute Gasteiger partial charge is 0.478 e. The second-order valence-corrected chi connectivity index (χ2v) is 8.57. The van der Waals surface area contributed by atoms with Crippen LogP contribution in [0.1, 0.15) is 41.7 Å². The van der Waals surface area contributed by atoms with Crippen LogP contribution in [0, 0.1) is 13.8 Å². The Balaban J connectivity index is 1.98. The Morgan fingerprint density at radius 3 is 1.86 bits per heavy atom. The average molecular weight is 518 g/mol. The number of rotatable bonds is 6. The van der Waals surface area contributed by atoms with E-state index in [1.807, 2.05) is 0 Å². The number of halogens is 6. The van der Waals surface area contributed by atoms with Crippen molar-refractivity contribution in [2.24, 2.45) is 0 Å². The van der Waals surface area contributed by atoms with Crippen LogP contribution >= 0.6 is 0 Å². The van der Waals surface area contributed by atoms with Gasteiger partial charge in [0.25, 0.3) is 0 Å². The predicted molar refractivity (Wildman–Crippen MR) is 113 cm³/mol. The standard InChI is InChI=1S/C22H20F6N4O4/c1-11-5-13(6-12(2)17(11)36-20(3,4)18(33)34)10-31-19(35)32(30-29-31)16-8-14(21(23,24)25)7-15(9-16)22(26,27)28/h5-9H,10H2,1-4H3,(H,33,34). The fraction of sp³-hybridized carbons (Fsp3) is 0.364.